The first-order chi connectivity index (χ1) is 8.83. The number of carbonyl (C=O) groups excluding carboxylic acids is 1. The van der Waals surface area contributed by atoms with Gasteiger partial charge in [0.25, 0.3) is 0 Å². The summed E-state index contributed by atoms with van der Waals surface area (Å²) in [6, 6.07) is 8.80. The first-order valence-electron chi connectivity index (χ1n) is 6.91. The van der Waals surface area contributed by atoms with E-state index < -0.39 is 0 Å². The summed E-state index contributed by atoms with van der Waals surface area (Å²) in [6.45, 7) is 1.89. The molecule has 1 aromatic carbocycles. The van der Waals surface area contributed by atoms with Crippen LogP contribution in [0.5, 0.6) is 0 Å². The van der Waals surface area contributed by atoms with Crippen molar-refractivity contribution in [3.8, 4) is 0 Å². The highest BCUT2D eigenvalue weighted by Gasteiger charge is 2.26. The van der Waals surface area contributed by atoms with Gasteiger partial charge in [-0.1, -0.05) is 24.3 Å². The largest absolute Gasteiger partial charge is 0.352 e. The number of piperidine rings is 1. The molecule has 1 saturated heterocycles. The van der Waals surface area contributed by atoms with Crippen molar-refractivity contribution >= 4 is 5.91 Å². The van der Waals surface area contributed by atoms with Crippen molar-refractivity contribution in [2.45, 2.75) is 31.7 Å². The zero-order chi connectivity index (χ0) is 12.4. The lowest BCUT2D eigenvalue weighted by Gasteiger charge is -2.23. The van der Waals surface area contributed by atoms with Gasteiger partial charge in [-0.25, -0.2) is 0 Å². The zero-order valence-electron chi connectivity index (χ0n) is 10.6. The lowest BCUT2D eigenvalue weighted by Crippen LogP contribution is -2.44. The van der Waals surface area contributed by atoms with E-state index in [4.69, 9.17) is 0 Å². The number of nitrogens with one attached hydrogen (secondary N) is 2. The number of benzene rings is 1. The predicted molar refractivity (Wildman–Crippen MR) is 71.4 cm³/mol. The van der Waals surface area contributed by atoms with Crippen LogP contribution < -0.4 is 10.6 Å². The van der Waals surface area contributed by atoms with Crippen molar-refractivity contribution in [1.29, 1.82) is 0 Å². The highest BCUT2D eigenvalue weighted by Crippen LogP contribution is 2.22. The lowest BCUT2D eigenvalue weighted by atomic mass is 9.98. The second-order valence-electron chi connectivity index (χ2n) is 5.43. The number of hydrogen-bond donors (Lipinski definition) is 2. The molecular formula is C15H20N2O. The molecule has 2 aliphatic rings. The SMILES string of the molecule is O=C(NC1Cc2ccccc2C1)C1CCCNC1. The molecule has 1 unspecified atom stereocenters. The second-order valence-corrected chi connectivity index (χ2v) is 5.43. The minimum Gasteiger partial charge on any atom is -0.352 e. The van der Waals surface area contributed by atoms with E-state index in [0.717, 1.165) is 38.8 Å². The van der Waals surface area contributed by atoms with Gasteiger partial charge in [0.15, 0.2) is 0 Å². The van der Waals surface area contributed by atoms with Crippen LogP contribution >= 0.6 is 0 Å². The van der Waals surface area contributed by atoms with E-state index in [1.807, 2.05) is 0 Å². The number of hydrogen-bond acceptors (Lipinski definition) is 2. The molecule has 3 heteroatoms. The Morgan fingerprint density at radius 1 is 1.22 bits per heavy atom. The van der Waals surface area contributed by atoms with E-state index in [1.165, 1.54) is 11.1 Å². The highest BCUT2D eigenvalue weighted by molar-refractivity contribution is 5.79. The van der Waals surface area contributed by atoms with Gasteiger partial charge in [-0.2, -0.15) is 0 Å². The van der Waals surface area contributed by atoms with Gasteiger partial charge in [-0.3, -0.25) is 4.79 Å². The third-order valence-corrected chi connectivity index (χ3v) is 4.07. The Bertz CT molecular complexity index is 413. The third-order valence-electron chi connectivity index (χ3n) is 4.07. The van der Waals surface area contributed by atoms with Gasteiger partial charge in [0, 0.05) is 12.6 Å². The van der Waals surface area contributed by atoms with Crippen molar-refractivity contribution in [3.05, 3.63) is 35.4 Å². The zero-order valence-corrected chi connectivity index (χ0v) is 10.6. The van der Waals surface area contributed by atoms with Crippen LogP contribution in [0.4, 0.5) is 0 Å². The van der Waals surface area contributed by atoms with Crippen molar-refractivity contribution in [2.75, 3.05) is 13.1 Å². The van der Waals surface area contributed by atoms with E-state index >= 15 is 0 Å². The standard InChI is InChI=1S/C15H20N2O/c18-15(13-6-3-7-16-10-13)17-14-8-11-4-1-2-5-12(11)9-14/h1-2,4-5,13-14,16H,3,6-10H2,(H,17,18). The second kappa shape index (κ2) is 5.11. The van der Waals surface area contributed by atoms with Gasteiger partial charge in [0.2, 0.25) is 5.91 Å². The molecule has 1 atom stereocenters. The van der Waals surface area contributed by atoms with Gasteiger partial charge < -0.3 is 10.6 Å². The molecule has 1 aliphatic heterocycles. The van der Waals surface area contributed by atoms with Crippen LogP contribution in [0.25, 0.3) is 0 Å². The fraction of sp³-hybridized carbons (Fsp3) is 0.533. The summed E-state index contributed by atoms with van der Waals surface area (Å²) in [6.07, 6.45) is 4.12. The smallest absolute Gasteiger partial charge is 0.224 e. The first-order valence-corrected chi connectivity index (χ1v) is 6.91. The van der Waals surface area contributed by atoms with Crippen LogP contribution in [-0.4, -0.2) is 25.0 Å². The normalized spacial score (nSPS) is 23.7. The number of carbonyl (C=O) groups is 1. The summed E-state index contributed by atoms with van der Waals surface area (Å²) in [5.41, 5.74) is 2.79. The van der Waals surface area contributed by atoms with Crippen molar-refractivity contribution in [3.63, 3.8) is 0 Å². The molecule has 1 aromatic rings. The molecular weight excluding hydrogens is 224 g/mol. The first kappa shape index (κ1) is 11.7. The maximum atomic E-state index is 12.2. The molecule has 0 saturated carbocycles. The molecule has 0 radical (unpaired) electrons. The summed E-state index contributed by atoms with van der Waals surface area (Å²) < 4.78 is 0. The van der Waals surface area contributed by atoms with Crippen LogP contribution in [0.3, 0.4) is 0 Å². The summed E-state index contributed by atoms with van der Waals surface area (Å²) in [5.74, 6) is 0.405. The molecule has 1 amide bonds. The summed E-state index contributed by atoms with van der Waals surface area (Å²) in [7, 11) is 0. The number of rotatable bonds is 2. The van der Waals surface area contributed by atoms with Crippen LogP contribution in [0, 0.1) is 5.92 Å². The Labute approximate surface area is 108 Å². The molecule has 1 aliphatic carbocycles. The summed E-state index contributed by atoms with van der Waals surface area (Å²) >= 11 is 0. The monoisotopic (exact) mass is 244 g/mol. The molecule has 0 spiro atoms. The Hall–Kier alpha value is -1.35. The fourth-order valence-electron chi connectivity index (χ4n) is 3.06. The Morgan fingerprint density at radius 2 is 1.94 bits per heavy atom. The molecule has 0 bridgehead atoms. The Balaban J connectivity index is 1.57. The third kappa shape index (κ3) is 2.41. The van der Waals surface area contributed by atoms with E-state index in [1.54, 1.807) is 0 Å². The average Bonchev–Trinajstić information content (AvgIpc) is 2.82. The van der Waals surface area contributed by atoms with Gasteiger partial charge in [0.05, 0.1) is 5.92 Å². The van der Waals surface area contributed by atoms with Crippen LogP contribution in [0.2, 0.25) is 0 Å². The Morgan fingerprint density at radius 3 is 2.56 bits per heavy atom. The topological polar surface area (TPSA) is 41.1 Å². The van der Waals surface area contributed by atoms with Gasteiger partial charge in [0.1, 0.15) is 0 Å². The molecule has 1 heterocycles. The number of fused-ring (bicyclic) bond motifs is 1. The van der Waals surface area contributed by atoms with Crippen molar-refractivity contribution < 1.29 is 4.79 Å². The maximum Gasteiger partial charge on any atom is 0.224 e. The van der Waals surface area contributed by atoms with E-state index in [0.29, 0.717) is 6.04 Å². The molecule has 1 fully saturated rings. The Kier molecular flexibility index (Phi) is 3.33. The van der Waals surface area contributed by atoms with E-state index in [2.05, 4.69) is 34.9 Å². The van der Waals surface area contributed by atoms with E-state index in [-0.39, 0.29) is 11.8 Å². The predicted octanol–water partition coefficient (Wildman–Crippen LogP) is 1.27. The molecule has 2 N–H and O–H groups in total. The minimum atomic E-state index is 0.169. The van der Waals surface area contributed by atoms with Gasteiger partial charge in [-0.05, 0) is 43.4 Å². The van der Waals surface area contributed by atoms with Crippen molar-refractivity contribution in [2.24, 2.45) is 5.92 Å². The quantitative estimate of drug-likeness (QED) is 0.822. The number of amides is 1. The molecule has 3 nitrogen and oxygen atoms in total. The molecule has 18 heavy (non-hydrogen) atoms. The summed E-state index contributed by atoms with van der Waals surface area (Å²) in [5, 5.41) is 6.51. The lowest BCUT2D eigenvalue weighted by molar-refractivity contribution is -0.126. The maximum absolute atomic E-state index is 12.2. The van der Waals surface area contributed by atoms with Gasteiger partial charge >= 0.3 is 0 Å². The fourth-order valence-corrected chi connectivity index (χ4v) is 3.06. The molecule has 96 valence electrons. The van der Waals surface area contributed by atoms with Gasteiger partial charge in [-0.15, -0.1) is 0 Å². The average molecular weight is 244 g/mol. The molecule has 3 rings (SSSR count). The minimum absolute atomic E-state index is 0.169. The summed E-state index contributed by atoms with van der Waals surface area (Å²) in [4.78, 5) is 12.2. The van der Waals surface area contributed by atoms with Crippen LogP contribution in [0.15, 0.2) is 24.3 Å². The highest BCUT2D eigenvalue weighted by atomic mass is 16.2. The molecule has 0 aromatic heterocycles. The van der Waals surface area contributed by atoms with Crippen LogP contribution in [-0.2, 0) is 17.6 Å². The van der Waals surface area contributed by atoms with E-state index in [9.17, 15) is 4.79 Å². The van der Waals surface area contributed by atoms with Crippen LogP contribution in [0.1, 0.15) is 24.0 Å². The van der Waals surface area contributed by atoms with Crippen molar-refractivity contribution in [1.82, 2.24) is 10.6 Å².